The fraction of sp³-hybridized carbons (Fsp3) is 0.500. The third-order valence-electron chi connectivity index (χ3n) is 5.79. The van der Waals surface area contributed by atoms with Gasteiger partial charge in [0.1, 0.15) is 5.60 Å². The number of anilines is 1. The van der Waals surface area contributed by atoms with E-state index in [1.54, 1.807) is 6.92 Å². The zero-order valence-electron chi connectivity index (χ0n) is 15.5. The molecule has 2 saturated heterocycles. The Morgan fingerprint density at radius 2 is 1.89 bits per heavy atom. The highest BCUT2D eigenvalue weighted by molar-refractivity contribution is 6.30. The quantitative estimate of drug-likeness (QED) is 0.784. The maximum atomic E-state index is 13.3. The number of rotatable bonds is 2. The van der Waals surface area contributed by atoms with Gasteiger partial charge in [-0.05, 0) is 38.2 Å². The molecule has 0 unspecified atom stereocenters. The van der Waals surface area contributed by atoms with Crippen molar-refractivity contribution in [3.05, 3.63) is 40.4 Å². The summed E-state index contributed by atoms with van der Waals surface area (Å²) >= 11 is 6.09. The summed E-state index contributed by atoms with van der Waals surface area (Å²) in [7, 11) is 0. The van der Waals surface area contributed by atoms with Crippen LogP contribution in [0.25, 0.3) is 0 Å². The molecule has 0 atom stereocenters. The topological polar surface area (TPSA) is 61.9 Å². The Kier molecular flexibility index (Phi) is 4.86. The molecule has 0 bridgehead atoms. The standard InChI is InChI=1S/C20H24ClN3O3/c1-14-17(20(27-19(14)26)5-7-22-8-6-20)18(25)24-11-9-23(10-12-24)16-4-2-3-15(21)13-16/h2-4,13,22H,5-12H2,1H3. The van der Waals surface area contributed by atoms with Crippen molar-refractivity contribution >= 4 is 29.2 Å². The highest BCUT2D eigenvalue weighted by Crippen LogP contribution is 2.40. The number of piperazine rings is 1. The number of carbonyl (C=O) groups is 2. The van der Waals surface area contributed by atoms with Crippen molar-refractivity contribution in [3.63, 3.8) is 0 Å². The number of nitrogens with one attached hydrogen (secondary N) is 1. The SMILES string of the molecule is CC1=C(C(=O)N2CCN(c3cccc(Cl)c3)CC2)C2(CCNCC2)OC1=O. The van der Waals surface area contributed by atoms with E-state index in [1.165, 1.54) is 0 Å². The molecule has 0 aliphatic carbocycles. The third kappa shape index (κ3) is 3.32. The van der Waals surface area contributed by atoms with Gasteiger partial charge in [-0.2, -0.15) is 0 Å². The van der Waals surface area contributed by atoms with E-state index in [2.05, 4.69) is 10.2 Å². The summed E-state index contributed by atoms with van der Waals surface area (Å²) in [4.78, 5) is 29.6. The zero-order chi connectivity index (χ0) is 19.0. The lowest BCUT2D eigenvalue weighted by Crippen LogP contribution is -2.53. The lowest BCUT2D eigenvalue weighted by molar-refractivity contribution is -0.149. The van der Waals surface area contributed by atoms with Gasteiger partial charge in [0, 0.05) is 55.3 Å². The Balaban J connectivity index is 1.49. The van der Waals surface area contributed by atoms with E-state index in [1.807, 2.05) is 29.2 Å². The van der Waals surface area contributed by atoms with Crippen molar-refractivity contribution in [1.82, 2.24) is 10.2 Å². The first-order valence-corrected chi connectivity index (χ1v) is 9.83. The average Bonchev–Trinajstić information content (AvgIpc) is 2.91. The molecule has 3 aliphatic heterocycles. The molecule has 2 fully saturated rings. The maximum Gasteiger partial charge on any atom is 0.335 e. The Hall–Kier alpha value is -2.05. The van der Waals surface area contributed by atoms with Gasteiger partial charge in [-0.25, -0.2) is 4.79 Å². The normalized spacial score (nSPS) is 22.4. The van der Waals surface area contributed by atoms with E-state index >= 15 is 0 Å². The number of piperidine rings is 1. The van der Waals surface area contributed by atoms with Gasteiger partial charge in [0.25, 0.3) is 5.91 Å². The largest absolute Gasteiger partial charge is 0.450 e. The van der Waals surface area contributed by atoms with Crippen molar-refractivity contribution in [2.45, 2.75) is 25.4 Å². The van der Waals surface area contributed by atoms with E-state index in [4.69, 9.17) is 16.3 Å². The summed E-state index contributed by atoms with van der Waals surface area (Å²) in [5.41, 5.74) is 1.37. The fourth-order valence-electron chi connectivity index (χ4n) is 4.29. The number of hydrogen-bond acceptors (Lipinski definition) is 5. The minimum Gasteiger partial charge on any atom is -0.450 e. The molecule has 1 spiro atoms. The molecular formula is C20H24ClN3O3. The molecule has 6 nitrogen and oxygen atoms in total. The van der Waals surface area contributed by atoms with Crippen molar-refractivity contribution in [3.8, 4) is 0 Å². The number of halogens is 1. The summed E-state index contributed by atoms with van der Waals surface area (Å²) in [5, 5.41) is 3.99. The molecule has 1 aromatic rings. The predicted octanol–water partition coefficient (Wildman–Crippen LogP) is 1.98. The van der Waals surface area contributed by atoms with Crippen LogP contribution in [0.2, 0.25) is 5.02 Å². The van der Waals surface area contributed by atoms with Gasteiger partial charge in [0.2, 0.25) is 0 Å². The second kappa shape index (κ2) is 7.17. The molecule has 0 saturated carbocycles. The average molecular weight is 390 g/mol. The van der Waals surface area contributed by atoms with Crippen molar-refractivity contribution in [1.29, 1.82) is 0 Å². The number of nitrogens with zero attached hydrogens (tertiary/aromatic N) is 2. The van der Waals surface area contributed by atoms with Crippen LogP contribution in [0.4, 0.5) is 5.69 Å². The van der Waals surface area contributed by atoms with Gasteiger partial charge in [-0.15, -0.1) is 0 Å². The van der Waals surface area contributed by atoms with E-state index in [0.717, 1.165) is 31.9 Å². The molecule has 0 radical (unpaired) electrons. The van der Waals surface area contributed by atoms with Crippen LogP contribution >= 0.6 is 11.6 Å². The van der Waals surface area contributed by atoms with Gasteiger partial charge in [0.15, 0.2) is 0 Å². The summed E-state index contributed by atoms with van der Waals surface area (Å²) < 4.78 is 5.70. The number of amides is 1. The van der Waals surface area contributed by atoms with E-state index in [9.17, 15) is 9.59 Å². The molecule has 0 aromatic heterocycles. The third-order valence-corrected chi connectivity index (χ3v) is 6.03. The van der Waals surface area contributed by atoms with Crippen LogP contribution in [0, 0.1) is 0 Å². The molecule has 3 heterocycles. The van der Waals surface area contributed by atoms with Gasteiger partial charge in [-0.1, -0.05) is 17.7 Å². The minimum absolute atomic E-state index is 0.0500. The summed E-state index contributed by atoms with van der Waals surface area (Å²) in [6.07, 6.45) is 1.30. The first-order valence-electron chi connectivity index (χ1n) is 9.45. The maximum absolute atomic E-state index is 13.3. The number of benzene rings is 1. The van der Waals surface area contributed by atoms with Gasteiger partial charge in [-0.3, -0.25) is 4.79 Å². The number of carbonyl (C=O) groups excluding carboxylic acids is 2. The first-order chi connectivity index (χ1) is 13.0. The fourth-order valence-corrected chi connectivity index (χ4v) is 4.47. The van der Waals surface area contributed by atoms with Gasteiger partial charge < -0.3 is 19.9 Å². The molecule has 7 heteroatoms. The van der Waals surface area contributed by atoms with Crippen LogP contribution < -0.4 is 10.2 Å². The Morgan fingerprint density at radius 3 is 2.56 bits per heavy atom. The lowest BCUT2D eigenvalue weighted by atomic mass is 9.83. The highest BCUT2D eigenvalue weighted by Gasteiger charge is 2.50. The monoisotopic (exact) mass is 389 g/mol. The van der Waals surface area contributed by atoms with Crippen LogP contribution in [0.3, 0.4) is 0 Å². The predicted molar refractivity (Wildman–Crippen MR) is 104 cm³/mol. The van der Waals surface area contributed by atoms with E-state index in [-0.39, 0.29) is 11.9 Å². The molecule has 27 heavy (non-hydrogen) atoms. The lowest BCUT2D eigenvalue weighted by Gasteiger charge is -2.39. The van der Waals surface area contributed by atoms with Crippen molar-refractivity contribution in [2.75, 3.05) is 44.2 Å². The minimum atomic E-state index is -0.742. The molecule has 144 valence electrons. The highest BCUT2D eigenvalue weighted by atomic mass is 35.5. The molecule has 4 rings (SSSR count). The van der Waals surface area contributed by atoms with Crippen LogP contribution in [0.15, 0.2) is 35.4 Å². The molecule has 1 aromatic carbocycles. The summed E-state index contributed by atoms with van der Waals surface area (Å²) in [5.74, 6) is -0.399. The molecule has 3 aliphatic rings. The van der Waals surface area contributed by atoms with Crippen LogP contribution in [0.1, 0.15) is 19.8 Å². The van der Waals surface area contributed by atoms with E-state index < -0.39 is 5.60 Å². The van der Waals surface area contributed by atoms with E-state index in [0.29, 0.717) is 42.1 Å². The Labute approximate surface area is 164 Å². The van der Waals surface area contributed by atoms with Gasteiger partial charge >= 0.3 is 5.97 Å². The van der Waals surface area contributed by atoms with Crippen molar-refractivity contribution in [2.24, 2.45) is 0 Å². The number of hydrogen-bond donors (Lipinski definition) is 1. The Bertz CT molecular complexity index is 793. The zero-order valence-corrected chi connectivity index (χ0v) is 16.2. The van der Waals surface area contributed by atoms with Crippen LogP contribution in [-0.2, 0) is 14.3 Å². The number of ether oxygens (including phenoxy) is 1. The smallest absolute Gasteiger partial charge is 0.335 e. The summed E-state index contributed by atoms with van der Waals surface area (Å²) in [6.45, 7) is 5.92. The van der Waals surface area contributed by atoms with Crippen LogP contribution in [-0.4, -0.2) is 61.6 Å². The second-order valence-electron chi connectivity index (χ2n) is 7.39. The van der Waals surface area contributed by atoms with Crippen LogP contribution in [0.5, 0.6) is 0 Å². The van der Waals surface area contributed by atoms with Gasteiger partial charge in [0.05, 0.1) is 5.57 Å². The Morgan fingerprint density at radius 1 is 1.19 bits per heavy atom. The second-order valence-corrected chi connectivity index (χ2v) is 7.83. The van der Waals surface area contributed by atoms with Crippen molar-refractivity contribution < 1.29 is 14.3 Å². The molecule has 1 N–H and O–H groups in total. The first kappa shape index (κ1) is 18.3. The molecule has 1 amide bonds. The molecular weight excluding hydrogens is 366 g/mol. The number of esters is 1. The summed E-state index contributed by atoms with van der Waals surface area (Å²) in [6, 6.07) is 7.77.